The third-order valence-corrected chi connectivity index (χ3v) is 2.88. The molecular formula is C13H12ClN5O. The van der Waals surface area contributed by atoms with Gasteiger partial charge in [-0.15, -0.1) is 5.10 Å². The lowest BCUT2D eigenvalue weighted by molar-refractivity contribution is 0.101. The third kappa shape index (κ3) is 3.13. The van der Waals surface area contributed by atoms with Crippen LogP contribution in [0.4, 0.5) is 5.69 Å². The summed E-state index contributed by atoms with van der Waals surface area (Å²) in [5.74, 6) is 0.285. The van der Waals surface area contributed by atoms with Crippen molar-refractivity contribution in [2.24, 2.45) is 0 Å². The lowest BCUT2D eigenvalue weighted by Gasteiger charge is -2.04. The number of carbonyl (C=O) groups excluding carboxylic acids is 1. The van der Waals surface area contributed by atoms with Gasteiger partial charge in [-0.25, -0.2) is 4.98 Å². The summed E-state index contributed by atoms with van der Waals surface area (Å²) < 4.78 is 0. The molecule has 2 rings (SSSR count). The Kier molecular flexibility index (Phi) is 4.33. The maximum Gasteiger partial charge on any atom is 0.295 e. The molecule has 0 bridgehead atoms. The molecule has 1 amide bonds. The van der Waals surface area contributed by atoms with Crippen LogP contribution in [-0.4, -0.2) is 21.1 Å². The summed E-state index contributed by atoms with van der Waals surface area (Å²) in [4.78, 5) is 16.0. The summed E-state index contributed by atoms with van der Waals surface area (Å²) in [5, 5.41) is 18.2. The fraction of sp³-hybridized carbons (Fsp3) is 0.231. The molecule has 20 heavy (non-hydrogen) atoms. The van der Waals surface area contributed by atoms with Gasteiger partial charge in [0.05, 0.1) is 22.3 Å². The summed E-state index contributed by atoms with van der Waals surface area (Å²) in [7, 11) is 0. The Bertz CT molecular complexity index is 674. The highest BCUT2D eigenvalue weighted by Gasteiger charge is 2.14. The van der Waals surface area contributed by atoms with Gasteiger partial charge in [-0.3, -0.25) is 9.89 Å². The van der Waals surface area contributed by atoms with Gasteiger partial charge in [0.2, 0.25) is 5.82 Å². The second kappa shape index (κ2) is 6.17. The summed E-state index contributed by atoms with van der Waals surface area (Å²) in [5.41, 5.74) is 0.841. The first-order chi connectivity index (χ1) is 9.63. The monoisotopic (exact) mass is 289 g/mol. The van der Waals surface area contributed by atoms with Crippen LogP contribution in [0, 0.1) is 11.3 Å². The van der Waals surface area contributed by atoms with Crippen molar-refractivity contribution in [2.75, 3.05) is 5.32 Å². The average Bonchev–Trinajstić information content (AvgIpc) is 2.90. The molecule has 0 aliphatic carbocycles. The van der Waals surface area contributed by atoms with Gasteiger partial charge < -0.3 is 5.32 Å². The molecule has 2 N–H and O–H groups in total. The predicted octanol–water partition coefficient (Wildman–Crippen LogP) is 2.53. The molecule has 0 aliphatic heterocycles. The topological polar surface area (TPSA) is 94.5 Å². The van der Waals surface area contributed by atoms with E-state index >= 15 is 0 Å². The van der Waals surface area contributed by atoms with Crippen LogP contribution in [-0.2, 0) is 6.42 Å². The number of rotatable bonds is 4. The van der Waals surface area contributed by atoms with E-state index in [1.165, 1.54) is 6.07 Å². The molecule has 0 atom stereocenters. The number of hydrogen-bond donors (Lipinski definition) is 2. The SMILES string of the molecule is CCCc1nc(C(=O)Nc2ccc(C#N)cc2Cl)n[nH]1. The van der Waals surface area contributed by atoms with Crippen molar-refractivity contribution in [3.63, 3.8) is 0 Å². The number of nitrogens with zero attached hydrogens (tertiary/aromatic N) is 3. The van der Waals surface area contributed by atoms with Crippen LogP contribution >= 0.6 is 11.6 Å². The van der Waals surface area contributed by atoms with Crippen LogP contribution in [0.25, 0.3) is 0 Å². The smallest absolute Gasteiger partial charge is 0.295 e. The first kappa shape index (κ1) is 14.0. The minimum absolute atomic E-state index is 0.0638. The van der Waals surface area contributed by atoms with Gasteiger partial charge in [-0.05, 0) is 24.6 Å². The van der Waals surface area contributed by atoms with Crippen LogP contribution in [0.5, 0.6) is 0 Å². The highest BCUT2D eigenvalue weighted by Crippen LogP contribution is 2.23. The molecule has 7 heteroatoms. The molecule has 0 saturated heterocycles. The number of hydrogen-bond acceptors (Lipinski definition) is 4. The largest absolute Gasteiger partial charge is 0.318 e. The van der Waals surface area contributed by atoms with E-state index in [9.17, 15) is 4.79 Å². The van der Waals surface area contributed by atoms with Crippen molar-refractivity contribution in [1.29, 1.82) is 5.26 Å². The maximum absolute atomic E-state index is 12.0. The second-order valence-electron chi connectivity index (χ2n) is 4.12. The van der Waals surface area contributed by atoms with Crippen molar-refractivity contribution < 1.29 is 4.79 Å². The zero-order valence-corrected chi connectivity index (χ0v) is 11.5. The van der Waals surface area contributed by atoms with E-state index in [2.05, 4.69) is 20.5 Å². The lowest BCUT2D eigenvalue weighted by atomic mass is 10.2. The Balaban J connectivity index is 2.13. The van der Waals surface area contributed by atoms with E-state index in [1.807, 2.05) is 13.0 Å². The van der Waals surface area contributed by atoms with Gasteiger partial charge in [0.1, 0.15) is 5.82 Å². The number of anilines is 1. The molecule has 1 aromatic heterocycles. The summed E-state index contributed by atoms with van der Waals surface area (Å²) in [6.07, 6.45) is 1.65. The molecule has 2 aromatic rings. The Morgan fingerprint density at radius 3 is 3.00 bits per heavy atom. The van der Waals surface area contributed by atoms with Crippen LogP contribution < -0.4 is 5.32 Å². The number of carbonyl (C=O) groups is 1. The molecular weight excluding hydrogens is 278 g/mol. The lowest BCUT2D eigenvalue weighted by Crippen LogP contribution is -2.14. The second-order valence-corrected chi connectivity index (χ2v) is 4.52. The van der Waals surface area contributed by atoms with Gasteiger partial charge in [0.15, 0.2) is 0 Å². The molecule has 102 valence electrons. The van der Waals surface area contributed by atoms with E-state index < -0.39 is 5.91 Å². The number of H-pyrrole nitrogens is 1. The van der Waals surface area contributed by atoms with Crippen LogP contribution in [0.3, 0.4) is 0 Å². The summed E-state index contributed by atoms with van der Waals surface area (Å²) in [6.45, 7) is 2.01. The normalized spacial score (nSPS) is 10.1. The zero-order valence-electron chi connectivity index (χ0n) is 10.8. The van der Waals surface area contributed by atoms with Crippen molar-refractivity contribution in [3.05, 3.63) is 40.4 Å². The molecule has 0 fully saturated rings. The fourth-order valence-corrected chi connectivity index (χ4v) is 1.84. The van der Waals surface area contributed by atoms with Crippen molar-refractivity contribution in [2.45, 2.75) is 19.8 Å². The minimum Gasteiger partial charge on any atom is -0.318 e. The fourth-order valence-electron chi connectivity index (χ4n) is 1.61. The van der Waals surface area contributed by atoms with E-state index in [1.54, 1.807) is 12.1 Å². The first-order valence-corrected chi connectivity index (χ1v) is 6.44. The molecule has 0 spiro atoms. The number of halogens is 1. The van der Waals surface area contributed by atoms with Gasteiger partial charge in [-0.2, -0.15) is 5.26 Å². The van der Waals surface area contributed by atoms with Gasteiger partial charge in [0.25, 0.3) is 5.91 Å². The maximum atomic E-state index is 12.0. The molecule has 0 saturated carbocycles. The molecule has 0 radical (unpaired) electrons. The molecule has 1 aromatic carbocycles. The Labute approximate surface area is 120 Å². The summed E-state index contributed by atoms with van der Waals surface area (Å²) in [6, 6.07) is 6.59. The van der Waals surface area contributed by atoms with E-state index in [0.29, 0.717) is 22.1 Å². The minimum atomic E-state index is -0.449. The summed E-state index contributed by atoms with van der Waals surface area (Å²) >= 11 is 5.98. The number of amides is 1. The number of aromatic nitrogens is 3. The predicted molar refractivity (Wildman–Crippen MR) is 74.5 cm³/mol. The number of nitriles is 1. The Morgan fingerprint density at radius 1 is 1.55 bits per heavy atom. The number of nitrogens with one attached hydrogen (secondary N) is 2. The van der Waals surface area contributed by atoms with Gasteiger partial charge >= 0.3 is 0 Å². The standard InChI is InChI=1S/C13H12ClN5O/c1-2-3-11-17-12(19-18-11)13(20)16-10-5-4-8(7-15)6-9(10)14/h4-6H,2-3H2,1H3,(H,16,20)(H,17,18,19). The van der Waals surface area contributed by atoms with Gasteiger partial charge in [-0.1, -0.05) is 18.5 Å². The van der Waals surface area contributed by atoms with Crippen LogP contribution in [0.1, 0.15) is 35.4 Å². The third-order valence-electron chi connectivity index (χ3n) is 2.57. The molecule has 0 unspecified atom stereocenters. The Hall–Kier alpha value is -2.39. The van der Waals surface area contributed by atoms with Crippen LogP contribution in [0.15, 0.2) is 18.2 Å². The highest BCUT2D eigenvalue weighted by atomic mass is 35.5. The molecule has 1 heterocycles. The van der Waals surface area contributed by atoms with E-state index in [0.717, 1.165) is 12.8 Å². The number of aromatic amines is 1. The van der Waals surface area contributed by atoms with Crippen molar-refractivity contribution in [3.8, 4) is 6.07 Å². The first-order valence-electron chi connectivity index (χ1n) is 6.06. The molecule has 0 aliphatic rings. The van der Waals surface area contributed by atoms with E-state index in [-0.39, 0.29) is 5.82 Å². The number of aryl methyl sites for hydroxylation is 1. The van der Waals surface area contributed by atoms with Crippen molar-refractivity contribution in [1.82, 2.24) is 15.2 Å². The van der Waals surface area contributed by atoms with E-state index in [4.69, 9.17) is 16.9 Å². The average molecular weight is 290 g/mol. The molecule has 6 nitrogen and oxygen atoms in total. The van der Waals surface area contributed by atoms with Crippen LogP contribution in [0.2, 0.25) is 5.02 Å². The Morgan fingerprint density at radius 2 is 2.35 bits per heavy atom. The zero-order chi connectivity index (χ0) is 14.5. The van der Waals surface area contributed by atoms with Crippen molar-refractivity contribution >= 4 is 23.2 Å². The van der Waals surface area contributed by atoms with Gasteiger partial charge in [0, 0.05) is 6.42 Å². The number of benzene rings is 1. The quantitative estimate of drug-likeness (QED) is 0.904. The highest BCUT2D eigenvalue weighted by molar-refractivity contribution is 6.34.